The van der Waals surface area contributed by atoms with Crippen LogP contribution in [0, 0.1) is 0 Å². The Morgan fingerprint density at radius 3 is 2.44 bits per heavy atom. The Morgan fingerprint density at radius 2 is 1.81 bits per heavy atom. The summed E-state index contributed by atoms with van der Waals surface area (Å²) in [6.45, 7) is 6.22. The van der Waals surface area contributed by atoms with Crippen molar-refractivity contribution in [3.8, 4) is 0 Å². The first-order valence-corrected chi connectivity index (χ1v) is 5.07. The van der Waals surface area contributed by atoms with Gasteiger partial charge in [-0.25, -0.2) is 9.97 Å². The third-order valence-corrected chi connectivity index (χ3v) is 2.39. The molecule has 0 bridgehead atoms. The normalized spacial score (nSPS) is 11.9. The summed E-state index contributed by atoms with van der Waals surface area (Å²) in [5.41, 5.74) is 13.5. The zero-order valence-corrected chi connectivity index (χ0v) is 9.65. The molecule has 0 aromatic carbocycles. The molecule has 0 aliphatic carbocycles. The van der Waals surface area contributed by atoms with E-state index in [1.54, 1.807) is 6.20 Å². The number of hydrogen-bond donors (Lipinski definition) is 2. The lowest BCUT2D eigenvalue weighted by Crippen LogP contribution is -2.14. The first-order valence-electron chi connectivity index (χ1n) is 5.07. The van der Waals surface area contributed by atoms with Gasteiger partial charge in [0.15, 0.2) is 5.65 Å². The van der Waals surface area contributed by atoms with Crippen LogP contribution in [0.3, 0.4) is 0 Å². The van der Waals surface area contributed by atoms with Crippen LogP contribution in [-0.2, 0) is 5.41 Å². The molecule has 2 aromatic rings. The molecule has 2 heterocycles. The summed E-state index contributed by atoms with van der Waals surface area (Å²) in [6, 6.07) is 1.86. The summed E-state index contributed by atoms with van der Waals surface area (Å²) in [5, 5.41) is 0.738. The highest BCUT2D eigenvalue weighted by Gasteiger charge is 2.17. The van der Waals surface area contributed by atoms with Crippen LogP contribution >= 0.6 is 0 Å². The molecule has 0 spiro atoms. The zero-order chi connectivity index (χ0) is 11.9. The van der Waals surface area contributed by atoms with Gasteiger partial charge >= 0.3 is 0 Å². The van der Waals surface area contributed by atoms with Crippen molar-refractivity contribution in [2.45, 2.75) is 26.2 Å². The van der Waals surface area contributed by atoms with Crippen LogP contribution < -0.4 is 11.5 Å². The SMILES string of the molecule is CC(C)(C)c1cc(N)c2cnc(N)nc2n1. The van der Waals surface area contributed by atoms with E-state index >= 15 is 0 Å². The fourth-order valence-corrected chi connectivity index (χ4v) is 1.43. The van der Waals surface area contributed by atoms with Gasteiger partial charge in [0.05, 0.1) is 11.1 Å². The van der Waals surface area contributed by atoms with Gasteiger partial charge in [0.1, 0.15) is 0 Å². The number of nitrogen functional groups attached to an aromatic ring is 2. The molecular weight excluding hydrogens is 202 g/mol. The molecule has 2 rings (SSSR count). The smallest absolute Gasteiger partial charge is 0.222 e. The molecule has 0 atom stereocenters. The van der Waals surface area contributed by atoms with Crippen molar-refractivity contribution < 1.29 is 0 Å². The molecule has 0 radical (unpaired) electrons. The summed E-state index contributed by atoms with van der Waals surface area (Å²) >= 11 is 0. The molecule has 2 aromatic heterocycles. The third kappa shape index (κ3) is 1.76. The highest BCUT2D eigenvalue weighted by atomic mass is 15.0. The number of fused-ring (bicyclic) bond motifs is 1. The number of pyridine rings is 1. The molecule has 0 unspecified atom stereocenters. The van der Waals surface area contributed by atoms with Crippen molar-refractivity contribution in [1.29, 1.82) is 0 Å². The molecule has 5 nitrogen and oxygen atoms in total. The Kier molecular flexibility index (Phi) is 2.18. The molecule has 0 saturated heterocycles. The fourth-order valence-electron chi connectivity index (χ4n) is 1.43. The van der Waals surface area contributed by atoms with Crippen molar-refractivity contribution in [2.75, 3.05) is 11.5 Å². The van der Waals surface area contributed by atoms with E-state index in [1.807, 2.05) is 6.07 Å². The van der Waals surface area contributed by atoms with Crippen LogP contribution in [0.25, 0.3) is 11.0 Å². The standard InChI is InChI=1S/C11H15N5/c1-11(2,3)8-4-7(12)6-5-14-10(13)16-9(6)15-8/h4-5H,1-3H3,(H4,12,13,14,15,16). The second-order valence-electron chi connectivity index (χ2n) is 4.81. The van der Waals surface area contributed by atoms with E-state index in [9.17, 15) is 0 Å². The van der Waals surface area contributed by atoms with Crippen molar-refractivity contribution in [3.05, 3.63) is 18.0 Å². The number of rotatable bonds is 0. The molecule has 0 amide bonds. The van der Waals surface area contributed by atoms with Crippen LogP contribution in [0.15, 0.2) is 12.3 Å². The van der Waals surface area contributed by atoms with E-state index in [0.29, 0.717) is 11.3 Å². The quantitative estimate of drug-likeness (QED) is 0.697. The van der Waals surface area contributed by atoms with E-state index < -0.39 is 0 Å². The third-order valence-electron chi connectivity index (χ3n) is 2.39. The Balaban J connectivity index is 2.75. The van der Waals surface area contributed by atoms with E-state index in [0.717, 1.165) is 11.1 Å². The van der Waals surface area contributed by atoms with Gasteiger partial charge < -0.3 is 11.5 Å². The molecule has 5 heteroatoms. The van der Waals surface area contributed by atoms with Gasteiger partial charge in [0.25, 0.3) is 0 Å². The van der Waals surface area contributed by atoms with Crippen LogP contribution in [0.2, 0.25) is 0 Å². The van der Waals surface area contributed by atoms with Crippen LogP contribution in [0.1, 0.15) is 26.5 Å². The largest absolute Gasteiger partial charge is 0.398 e. The van der Waals surface area contributed by atoms with Gasteiger partial charge in [-0.15, -0.1) is 0 Å². The summed E-state index contributed by atoms with van der Waals surface area (Å²) < 4.78 is 0. The van der Waals surface area contributed by atoms with Gasteiger partial charge in [-0.05, 0) is 6.07 Å². The molecule has 0 saturated carbocycles. The molecule has 0 aliphatic rings. The summed E-state index contributed by atoms with van der Waals surface area (Å²) in [7, 11) is 0. The molecular formula is C11H15N5. The number of nitrogens with two attached hydrogens (primary N) is 2. The van der Waals surface area contributed by atoms with E-state index in [4.69, 9.17) is 11.5 Å². The highest BCUT2D eigenvalue weighted by molar-refractivity contribution is 5.87. The monoisotopic (exact) mass is 217 g/mol. The summed E-state index contributed by atoms with van der Waals surface area (Å²) in [4.78, 5) is 12.4. The lowest BCUT2D eigenvalue weighted by Gasteiger charge is -2.18. The van der Waals surface area contributed by atoms with Crippen molar-refractivity contribution >= 4 is 22.7 Å². The van der Waals surface area contributed by atoms with Gasteiger partial charge in [-0.1, -0.05) is 20.8 Å². The van der Waals surface area contributed by atoms with Gasteiger partial charge in [0, 0.05) is 17.3 Å². The Hall–Kier alpha value is -1.91. The predicted molar refractivity (Wildman–Crippen MR) is 64.9 cm³/mol. The van der Waals surface area contributed by atoms with E-state index in [1.165, 1.54) is 0 Å². The lowest BCUT2D eigenvalue weighted by molar-refractivity contribution is 0.571. The predicted octanol–water partition coefficient (Wildman–Crippen LogP) is 1.49. The Labute approximate surface area is 93.9 Å². The van der Waals surface area contributed by atoms with Crippen LogP contribution in [-0.4, -0.2) is 15.0 Å². The van der Waals surface area contributed by atoms with Crippen molar-refractivity contribution in [1.82, 2.24) is 15.0 Å². The maximum Gasteiger partial charge on any atom is 0.222 e. The molecule has 0 aliphatic heterocycles. The van der Waals surface area contributed by atoms with Gasteiger partial charge in [-0.2, -0.15) is 4.98 Å². The minimum Gasteiger partial charge on any atom is -0.398 e. The summed E-state index contributed by atoms with van der Waals surface area (Å²) in [5.74, 6) is 0.213. The van der Waals surface area contributed by atoms with E-state index in [2.05, 4.69) is 35.7 Å². The fraction of sp³-hybridized carbons (Fsp3) is 0.364. The zero-order valence-electron chi connectivity index (χ0n) is 9.65. The number of nitrogens with zero attached hydrogens (tertiary/aromatic N) is 3. The number of anilines is 2. The van der Waals surface area contributed by atoms with Crippen molar-refractivity contribution in [2.24, 2.45) is 0 Å². The first-order chi connectivity index (χ1) is 7.38. The van der Waals surface area contributed by atoms with Gasteiger partial charge in [-0.3, -0.25) is 0 Å². The summed E-state index contributed by atoms with van der Waals surface area (Å²) in [6.07, 6.45) is 1.60. The highest BCUT2D eigenvalue weighted by Crippen LogP contribution is 2.26. The molecule has 4 N–H and O–H groups in total. The maximum atomic E-state index is 5.94. The van der Waals surface area contributed by atoms with Crippen LogP contribution in [0.4, 0.5) is 11.6 Å². The molecule has 84 valence electrons. The lowest BCUT2D eigenvalue weighted by atomic mass is 9.91. The van der Waals surface area contributed by atoms with Crippen LogP contribution in [0.5, 0.6) is 0 Å². The first kappa shape index (κ1) is 10.6. The Morgan fingerprint density at radius 1 is 1.12 bits per heavy atom. The molecule has 0 fully saturated rings. The minimum atomic E-state index is -0.0674. The molecule has 16 heavy (non-hydrogen) atoms. The number of hydrogen-bond acceptors (Lipinski definition) is 5. The van der Waals surface area contributed by atoms with Crippen molar-refractivity contribution in [3.63, 3.8) is 0 Å². The average Bonchev–Trinajstić information content (AvgIpc) is 2.15. The van der Waals surface area contributed by atoms with E-state index in [-0.39, 0.29) is 11.4 Å². The second-order valence-corrected chi connectivity index (χ2v) is 4.81. The van der Waals surface area contributed by atoms with Gasteiger partial charge in [0.2, 0.25) is 5.95 Å². The maximum absolute atomic E-state index is 5.94. The Bertz CT molecular complexity index is 542. The minimum absolute atomic E-state index is 0.0674. The average molecular weight is 217 g/mol. The second kappa shape index (κ2) is 3.30. The number of aromatic nitrogens is 3. The topological polar surface area (TPSA) is 90.7 Å².